The highest BCUT2D eigenvalue weighted by atomic mass is 32.2. The van der Waals surface area contributed by atoms with Gasteiger partial charge in [0, 0.05) is 23.4 Å². The van der Waals surface area contributed by atoms with E-state index in [4.69, 9.17) is 0 Å². The molecule has 4 rings (SSSR count). The first-order valence-electron chi connectivity index (χ1n) is 10.1. The highest BCUT2D eigenvalue weighted by Gasteiger charge is 2.21. The van der Waals surface area contributed by atoms with Gasteiger partial charge >= 0.3 is 0 Å². The topological polar surface area (TPSA) is 105 Å². The largest absolute Gasteiger partial charge is 0.326 e. The number of nitrogens with one attached hydrogen (secondary N) is 2. The minimum Gasteiger partial charge on any atom is -0.326 e. The zero-order chi connectivity index (χ0) is 22.0. The van der Waals surface area contributed by atoms with Crippen molar-refractivity contribution in [2.75, 3.05) is 16.9 Å². The summed E-state index contributed by atoms with van der Waals surface area (Å²) in [5.41, 5.74) is 1.60. The SMILES string of the molecule is CS(=O)(=O)c1ccc2nc(NC(=O)c3cccc(NC(=O)C4CCCCC4)c3)sc2c1. The van der Waals surface area contributed by atoms with Crippen molar-refractivity contribution in [1.29, 1.82) is 0 Å². The molecule has 2 N–H and O–H groups in total. The Morgan fingerprint density at radius 3 is 2.55 bits per heavy atom. The molecule has 0 spiro atoms. The van der Waals surface area contributed by atoms with Gasteiger partial charge in [-0.25, -0.2) is 13.4 Å². The van der Waals surface area contributed by atoms with Gasteiger partial charge in [0.2, 0.25) is 5.91 Å². The van der Waals surface area contributed by atoms with Gasteiger partial charge in [0.15, 0.2) is 15.0 Å². The molecular formula is C22H23N3O4S2. The fourth-order valence-corrected chi connectivity index (χ4v) is 5.33. The third-order valence-electron chi connectivity index (χ3n) is 5.38. The third-order valence-corrected chi connectivity index (χ3v) is 7.42. The number of rotatable bonds is 5. The summed E-state index contributed by atoms with van der Waals surface area (Å²) in [4.78, 5) is 29.7. The van der Waals surface area contributed by atoms with Crippen molar-refractivity contribution in [3.8, 4) is 0 Å². The molecule has 1 aliphatic carbocycles. The van der Waals surface area contributed by atoms with E-state index in [-0.39, 0.29) is 22.6 Å². The maximum absolute atomic E-state index is 12.7. The van der Waals surface area contributed by atoms with Gasteiger partial charge in [-0.05, 0) is 49.2 Å². The predicted molar refractivity (Wildman–Crippen MR) is 122 cm³/mol. The first-order chi connectivity index (χ1) is 14.8. The third kappa shape index (κ3) is 5.11. The molecular weight excluding hydrogens is 434 g/mol. The van der Waals surface area contributed by atoms with E-state index in [1.807, 2.05) is 0 Å². The quantitative estimate of drug-likeness (QED) is 0.588. The average molecular weight is 458 g/mol. The molecule has 1 heterocycles. The highest BCUT2D eigenvalue weighted by molar-refractivity contribution is 7.90. The second-order valence-corrected chi connectivity index (χ2v) is 10.8. The number of benzene rings is 2. The van der Waals surface area contributed by atoms with E-state index in [1.54, 1.807) is 36.4 Å². The Morgan fingerprint density at radius 1 is 1.03 bits per heavy atom. The predicted octanol–water partition coefficient (Wildman–Crippen LogP) is 4.47. The molecule has 1 aliphatic rings. The van der Waals surface area contributed by atoms with Crippen molar-refractivity contribution in [3.05, 3.63) is 48.0 Å². The molecule has 162 valence electrons. The van der Waals surface area contributed by atoms with Gasteiger partial charge in [0.25, 0.3) is 5.91 Å². The number of thiazole rings is 1. The molecule has 0 saturated heterocycles. The zero-order valence-corrected chi connectivity index (χ0v) is 18.7. The summed E-state index contributed by atoms with van der Waals surface area (Å²) in [6.45, 7) is 0. The van der Waals surface area contributed by atoms with Gasteiger partial charge in [-0.2, -0.15) is 0 Å². The van der Waals surface area contributed by atoms with Gasteiger partial charge in [0.1, 0.15) is 0 Å². The maximum atomic E-state index is 12.7. The summed E-state index contributed by atoms with van der Waals surface area (Å²) in [7, 11) is -3.32. The first kappa shape index (κ1) is 21.5. The smallest absolute Gasteiger partial charge is 0.257 e. The highest BCUT2D eigenvalue weighted by Crippen LogP contribution is 2.29. The number of sulfone groups is 1. The van der Waals surface area contributed by atoms with Crippen LogP contribution >= 0.6 is 11.3 Å². The number of aromatic nitrogens is 1. The Balaban J connectivity index is 1.47. The number of anilines is 2. The van der Waals surface area contributed by atoms with Gasteiger partial charge < -0.3 is 5.32 Å². The van der Waals surface area contributed by atoms with Crippen LogP contribution in [0.3, 0.4) is 0 Å². The number of hydrogen-bond donors (Lipinski definition) is 2. The van der Waals surface area contributed by atoms with E-state index >= 15 is 0 Å². The molecule has 3 aromatic rings. The molecule has 9 heteroatoms. The minimum atomic E-state index is -3.32. The summed E-state index contributed by atoms with van der Waals surface area (Å²) in [6.07, 6.45) is 6.30. The Labute approximate surface area is 184 Å². The van der Waals surface area contributed by atoms with Crippen molar-refractivity contribution in [3.63, 3.8) is 0 Å². The summed E-state index contributed by atoms with van der Waals surface area (Å²) in [5, 5.41) is 6.06. The monoisotopic (exact) mass is 457 g/mol. The molecule has 1 fully saturated rings. The van der Waals surface area contributed by atoms with Crippen molar-refractivity contribution < 1.29 is 18.0 Å². The molecule has 2 amide bonds. The van der Waals surface area contributed by atoms with E-state index in [9.17, 15) is 18.0 Å². The fourth-order valence-electron chi connectivity index (χ4n) is 3.71. The van der Waals surface area contributed by atoms with Crippen LogP contribution in [0.25, 0.3) is 10.2 Å². The lowest BCUT2D eigenvalue weighted by atomic mass is 9.88. The van der Waals surface area contributed by atoms with Gasteiger partial charge in [0.05, 0.1) is 15.1 Å². The molecule has 0 radical (unpaired) electrons. The van der Waals surface area contributed by atoms with Crippen molar-refractivity contribution in [1.82, 2.24) is 4.98 Å². The Morgan fingerprint density at radius 2 is 1.81 bits per heavy atom. The molecule has 31 heavy (non-hydrogen) atoms. The van der Waals surface area contributed by atoms with E-state index in [0.29, 0.717) is 26.6 Å². The lowest BCUT2D eigenvalue weighted by Gasteiger charge is -2.20. The zero-order valence-electron chi connectivity index (χ0n) is 17.1. The molecule has 1 saturated carbocycles. The van der Waals surface area contributed by atoms with Crippen LogP contribution in [0.15, 0.2) is 47.4 Å². The summed E-state index contributed by atoms with van der Waals surface area (Å²) < 4.78 is 24.2. The number of hydrogen-bond acceptors (Lipinski definition) is 6. The van der Waals surface area contributed by atoms with Crippen LogP contribution in [0.4, 0.5) is 10.8 Å². The molecule has 2 aromatic carbocycles. The second-order valence-electron chi connectivity index (χ2n) is 7.78. The number of carbonyl (C=O) groups is 2. The van der Waals surface area contributed by atoms with Crippen LogP contribution in [-0.2, 0) is 14.6 Å². The lowest BCUT2D eigenvalue weighted by Crippen LogP contribution is -2.24. The number of amides is 2. The van der Waals surface area contributed by atoms with Gasteiger partial charge in [-0.3, -0.25) is 14.9 Å². The van der Waals surface area contributed by atoms with E-state index in [2.05, 4.69) is 15.6 Å². The Bertz CT molecular complexity index is 1240. The van der Waals surface area contributed by atoms with Crippen LogP contribution in [0.1, 0.15) is 42.5 Å². The van der Waals surface area contributed by atoms with Crippen molar-refractivity contribution >= 4 is 54.0 Å². The normalized spacial score (nSPS) is 15.0. The molecule has 0 aliphatic heterocycles. The standard InChI is InChI=1S/C22H23N3O4S2/c1-31(28,29)17-10-11-18-19(13-17)30-22(24-18)25-21(27)15-8-5-9-16(12-15)23-20(26)14-6-3-2-4-7-14/h5,8-14H,2-4,6-7H2,1H3,(H,23,26)(H,24,25,27). The van der Waals surface area contributed by atoms with E-state index < -0.39 is 9.84 Å². The van der Waals surface area contributed by atoms with Crippen LogP contribution in [0, 0.1) is 5.92 Å². The first-order valence-corrected chi connectivity index (χ1v) is 12.8. The summed E-state index contributed by atoms with van der Waals surface area (Å²) in [6, 6.07) is 11.5. The molecule has 7 nitrogen and oxygen atoms in total. The van der Waals surface area contributed by atoms with E-state index in [0.717, 1.165) is 31.9 Å². The maximum Gasteiger partial charge on any atom is 0.257 e. The minimum absolute atomic E-state index is 0.00473. The lowest BCUT2D eigenvalue weighted by molar-refractivity contribution is -0.120. The number of nitrogens with zero attached hydrogens (tertiary/aromatic N) is 1. The molecule has 0 atom stereocenters. The Hall–Kier alpha value is -2.78. The Kier molecular flexibility index (Phi) is 6.06. The summed E-state index contributed by atoms with van der Waals surface area (Å²) >= 11 is 1.21. The van der Waals surface area contributed by atoms with E-state index in [1.165, 1.54) is 23.8 Å². The van der Waals surface area contributed by atoms with Crippen molar-refractivity contribution in [2.24, 2.45) is 5.92 Å². The molecule has 1 aromatic heterocycles. The molecule has 0 bridgehead atoms. The average Bonchev–Trinajstić information content (AvgIpc) is 3.15. The van der Waals surface area contributed by atoms with Crippen LogP contribution in [0.5, 0.6) is 0 Å². The fraction of sp³-hybridized carbons (Fsp3) is 0.318. The van der Waals surface area contributed by atoms with Gasteiger partial charge in [-0.1, -0.05) is 36.7 Å². The number of fused-ring (bicyclic) bond motifs is 1. The van der Waals surface area contributed by atoms with Crippen LogP contribution < -0.4 is 10.6 Å². The van der Waals surface area contributed by atoms with Crippen LogP contribution in [-0.4, -0.2) is 31.5 Å². The molecule has 0 unspecified atom stereocenters. The van der Waals surface area contributed by atoms with Crippen molar-refractivity contribution in [2.45, 2.75) is 37.0 Å². The summed E-state index contributed by atoms with van der Waals surface area (Å²) in [5.74, 6) is -0.313. The second kappa shape index (κ2) is 8.76. The van der Waals surface area contributed by atoms with Crippen LogP contribution in [0.2, 0.25) is 0 Å². The van der Waals surface area contributed by atoms with Gasteiger partial charge in [-0.15, -0.1) is 0 Å². The number of carbonyl (C=O) groups excluding carboxylic acids is 2.